The first-order valence-corrected chi connectivity index (χ1v) is 6.59. The highest BCUT2D eigenvalue weighted by Crippen LogP contribution is 2.24. The molecular weight excluding hydrogens is 246 g/mol. The number of ketones is 1. The number of H-pyrrole nitrogens is 1. The van der Waals surface area contributed by atoms with Crippen LogP contribution in [0.25, 0.3) is 0 Å². The van der Waals surface area contributed by atoms with Crippen LogP contribution >= 0.6 is 0 Å². The fourth-order valence-corrected chi connectivity index (χ4v) is 2.72. The van der Waals surface area contributed by atoms with Gasteiger partial charge in [-0.15, -0.1) is 0 Å². The fraction of sp³-hybridized carbons (Fsp3) is 0.615. The lowest BCUT2D eigenvalue weighted by molar-refractivity contribution is -0.384. The number of aromatic nitrogens is 1. The van der Waals surface area contributed by atoms with E-state index in [-0.39, 0.29) is 11.5 Å². The molecule has 1 atom stereocenters. The SMILES string of the molecule is CC(C)C1CCCN1CC(=O)c1cc([N+](=O)[O-])c[nH]1. The van der Waals surface area contributed by atoms with Crippen molar-refractivity contribution in [3.8, 4) is 0 Å². The van der Waals surface area contributed by atoms with Crippen molar-refractivity contribution in [1.82, 2.24) is 9.88 Å². The van der Waals surface area contributed by atoms with Crippen molar-refractivity contribution < 1.29 is 9.72 Å². The molecule has 1 N–H and O–H groups in total. The summed E-state index contributed by atoms with van der Waals surface area (Å²) in [6.07, 6.45) is 3.49. The van der Waals surface area contributed by atoms with Crippen molar-refractivity contribution in [2.24, 2.45) is 5.92 Å². The third kappa shape index (κ3) is 3.01. The number of nitrogens with one attached hydrogen (secondary N) is 1. The van der Waals surface area contributed by atoms with E-state index in [1.54, 1.807) is 0 Å². The van der Waals surface area contributed by atoms with Crippen LogP contribution in [-0.4, -0.2) is 39.7 Å². The van der Waals surface area contributed by atoms with Crippen LogP contribution in [0.15, 0.2) is 12.3 Å². The molecule has 104 valence electrons. The summed E-state index contributed by atoms with van der Waals surface area (Å²) in [4.78, 5) is 27.1. The van der Waals surface area contributed by atoms with Gasteiger partial charge in [0, 0.05) is 12.1 Å². The molecule has 0 aromatic carbocycles. The summed E-state index contributed by atoms with van der Waals surface area (Å²) in [7, 11) is 0. The van der Waals surface area contributed by atoms with Gasteiger partial charge in [-0.2, -0.15) is 0 Å². The van der Waals surface area contributed by atoms with Crippen molar-refractivity contribution in [3.63, 3.8) is 0 Å². The second kappa shape index (κ2) is 5.52. The molecule has 6 nitrogen and oxygen atoms in total. The summed E-state index contributed by atoms with van der Waals surface area (Å²) in [5.41, 5.74) is 0.256. The maximum absolute atomic E-state index is 12.1. The van der Waals surface area contributed by atoms with Gasteiger partial charge >= 0.3 is 0 Å². The van der Waals surface area contributed by atoms with Crippen molar-refractivity contribution in [2.45, 2.75) is 32.7 Å². The standard InChI is InChI=1S/C13H19N3O3/c1-9(2)12-4-3-5-15(12)8-13(17)11-6-10(7-14-11)16(18)19/h6-7,9,12,14H,3-5,8H2,1-2H3. The van der Waals surface area contributed by atoms with Gasteiger partial charge in [0.1, 0.15) is 0 Å². The molecule has 0 saturated carbocycles. The van der Waals surface area contributed by atoms with E-state index < -0.39 is 4.92 Å². The summed E-state index contributed by atoms with van der Waals surface area (Å²) in [6, 6.07) is 1.75. The van der Waals surface area contributed by atoms with Crippen molar-refractivity contribution >= 4 is 11.5 Å². The van der Waals surface area contributed by atoms with E-state index in [1.165, 1.54) is 12.3 Å². The Labute approximate surface area is 111 Å². The predicted octanol–water partition coefficient (Wildman–Crippen LogP) is 2.23. The molecule has 1 aromatic rings. The van der Waals surface area contributed by atoms with Crippen molar-refractivity contribution in [2.75, 3.05) is 13.1 Å². The van der Waals surface area contributed by atoms with Crippen molar-refractivity contribution in [1.29, 1.82) is 0 Å². The quantitative estimate of drug-likeness (QED) is 0.503. The van der Waals surface area contributed by atoms with Gasteiger partial charge in [-0.25, -0.2) is 0 Å². The number of Topliss-reactive ketones (excluding diaryl/α,β-unsaturated/α-hetero) is 1. The number of carbonyl (C=O) groups is 1. The Hall–Kier alpha value is -1.69. The highest BCUT2D eigenvalue weighted by atomic mass is 16.6. The monoisotopic (exact) mass is 265 g/mol. The molecule has 1 aliphatic heterocycles. The zero-order chi connectivity index (χ0) is 14.0. The third-order valence-electron chi connectivity index (χ3n) is 3.71. The van der Waals surface area contributed by atoms with Crippen LogP contribution in [0.4, 0.5) is 5.69 Å². The number of hydrogen-bond acceptors (Lipinski definition) is 4. The van der Waals surface area contributed by atoms with Gasteiger partial charge in [-0.1, -0.05) is 13.8 Å². The molecule has 1 saturated heterocycles. The van der Waals surface area contributed by atoms with E-state index in [0.717, 1.165) is 19.4 Å². The van der Waals surface area contributed by atoms with Crippen molar-refractivity contribution in [3.05, 3.63) is 28.1 Å². The Balaban J connectivity index is 2.02. The Morgan fingerprint density at radius 3 is 2.95 bits per heavy atom. The van der Waals surface area contributed by atoms with Crippen LogP contribution in [0.3, 0.4) is 0 Å². The number of carbonyl (C=O) groups excluding carboxylic acids is 1. The zero-order valence-corrected chi connectivity index (χ0v) is 11.3. The summed E-state index contributed by atoms with van der Waals surface area (Å²) in [5, 5.41) is 10.6. The third-order valence-corrected chi connectivity index (χ3v) is 3.71. The molecule has 6 heteroatoms. The van der Waals surface area contributed by atoms with Crippen LogP contribution in [0.5, 0.6) is 0 Å². The van der Waals surface area contributed by atoms with Gasteiger partial charge in [0.15, 0.2) is 5.78 Å². The average molecular weight is 265 g/mol. The minimum Gasteiger partial charge on any atom is -0.353 e. The smallest absolute Gasteiger partial charge is 0.287 e. The maximum atomic E-state index is 12.1. The highest BCUT2D eigenvalue weighted by molar-refractivity contribution is 5.96. The lowest BCUT2D eigenvalue weighted by Gasteiger charge is -2.26. The molecule has 0 amide bonds. The molecule has 1 aliphatic rings. The first-order chi connectivity index (χ1) is 8.99. The summed E-state index contributed by atoms with van der Waals surface area (Å²) < 4.78 is 0. The van der Waals surface area contributed by atoms with Gasteiger partial charge in [0.25, 0.3) is 5.69 Å². The van der Waals surface area contributed by atoms with Gasteiger partial charge in [-0.05, 0) is 25.3 Å². The van der Waals surface area contributed by atoms with Gasteiger partial charge < -0.3 is 4.98 Å². The first kappa shape index (κ1) is 13.7. The van der Waals surface area contributed by atoms with Crippen LogP contribution in [-0.2, 0) is 0 Å². The summed E-state index contributed by atoms with van der Waals surface area (Å²) in [6.45, 7) is 5.58. The molecule has 0 aliphatic carbocycles. The largest absolute Gasteiger partial charge is 0.353 e. The van der Waals surface area contributed by atoms with E-state index in [4.69, 9.17) is 0 Å². The Bertz CT molecular complexity index is 481. The molecule has 19 heavy (non-hydrogen) atoms. The molecule has 2 rings (SSSR count). The zero-order valence-electron chi connectivity index (χ0n) is 11.3. The number of aromatic amines is 1. The lowest BCUT2D eigenvalue weighted by Crippen LogP contribution is -2.37. The van der Waals surface area contributed by atoms with Crippen LogP contribution in [0.1, 0.15) is 37.2 Å². The number of rotatable bonds is 5. The minimum atomic E-state index is -0.500. The molecule has 1 fully saturated rings. The Morgan fingerprint density at radius 2 is 2.37 bits per heavy atom. The second-order valence-corrected chi connectivity index (χ2v) is 5.38. The van der Waals surface area contributed by atoms with Crippen LogP contribution < -0.4 is 0 Å². The molecule has 1 unspecified atom stereocenters. The molecule has 0 spiro atoms. The van der Waals surface area contributed by atoms with Crippen LogP contribution in [0, 0.1) is 16.0 Å². The predicted molar refractivity (Wildman–Crippen MR) is 71.2 cm³/mol. The van der Waals surface area contributed by atoms with Gasteiger partial charge in [-0.3, -0.25) is 19.8 Å². The summed E-state index contributed by atoms with van der Waals surface area (Å²) in [5.74, 6) is 0.439. The van der Waals surface area contributed by atoms with Gasteiger partial charge in [0.2, 0.25) is 0 Å². The topological polar surface area (TPSA) is 79.2 Å². The molecule has 0 radical (unpaired) electrons. The van der Waals surface area contributed by atoms with E-state index >= 15 is 0 Å². The Kier molecular flexibility index (Phi) is 3.99. The molecular formula is C13H19N3O3. The van der Waals surface area contributed by atoms with E-state index in [0.29, 0.717) is 24.2 Å². The molecule has 0 bridgehead atoms. The van der Waals surface area contributed by atoms with E-state index in [9.17, 15) is 14.9 Å². The van der Waals surface area contributed by atoms with Crippen LogP contribution in [0.2, 0.25) is 0 Å². The number of likely N-dealkylation sites (tertiary alicyclic amines) is 1. The van der Waals surface area contributed by atoms with Gasteiger partial charge in [0.05, 0.1) is 23.4 Å². The highest BCUT2D eigenvalue weighted by Gasteiger charge is 2.29. The lowest BCUT2D eigenvalue weighted by atomic mass is 10.0. The summed E-state index contributed by atoms with van der Waals surface area (Å²) >= 11 is 0. The Morgan fingerprint density at radius 1 is 1.63 bits per heavy atom. The number of nitrogens with zero attached hydrogens (tertiary/aromatic N) is 2. The van der Waals surface area contributed by atoms with E-state index in [1.807, 2.05) is 0 Å². The average Bonchev–Trinajstić information content (AvgIpc) is 2.96. The number of nitro groups is 1. The molecule has 1 aromatic heterocycles. The minimum absolute atomic E-state index is 0.0646. The normalized spacial score (nSPS) is 20.1. The first-order valence-electron chi connectivity index (χ1n) is 6.59. The fourth-order valence-electron chi connectivity index (χ4n) is 2.72. The number of hydrogen-bond donors (Lipinski definition) is 1. The maximum Gasteiger partial charge on any atom is 0.287 e. The molecule has 2 heterocycles. The van der Waals surface area contributed by atoms with E-state index in [2.05, 4.69) is 23.7 Å². The second-order valence-electron chi connectivity index (χ2n) is 5.38.